The number of hydrogen-bond acceptors (Lipinski definition) is 3. The van der Waals surface area contributed by atoms with Crippen molar-refractivity contribution in [1.82, 2.24) is 10.3 Å². The summed E-state index contributed by atoms with van der Waals surface area (Å²) >= 11 is 0. The number of rotatable bonds is 6. The van der Waals surface area contributed by atoms with Gasteiger partial charge in [0.05, 0.1) is 11.3 Å². The van der Waals surface area contributed by atoms with E-state index in [0.717, 1.165) is 18.7 Å². The van der Waals surface area contributed by atoms with Crippen molar-refractivity contribution in [3.8, 4) is 0 Å². The van der Waals surface area contributed by atoms with Gasteiger partial charge in [-0.15, -0.1) is 0 Å². The average molecular weight is 270 g/mol. The van der Waals surface area contributed by atoms with Gasteiger partial charge >= 0.3 is 5.97 Å². The van der Waals surface area contributed by atoms with Crippen LogP contribution in [0.4, 0.5) is 0 Å². The van der Waals surface area contributed by atoms with Crippen molar-refractivity contribution in [2.75, 3.05) is 0 Å². The Kier molecular flexibility index (Phi) is 4.85. The molecule has 104 valence electrons. The van der Waals surface area contributed by atoms with Crippen LogP contribution in [-0.4, -0.2) is 16.1 Å². The molecule has 1 heterocycles. The molecule has 4 nitrogen and oxygen atoms in total. The normalized spacial score (nSPS) is 10.4. The van der Waals surface area contributed by atoms with Gasteiger partial charge in [0.25, 0.3) is 0 Å². The highest BCUT2D eigenvalue weighted by atomic mass is 16.4. The van der Waals surface area contributed by atoms with E-state index in [1.807, 2.05) is 6.07 Å². The lowest BCUT2D eigenvalue weighted by molar-refractivity contribution is 0.0696. The molecule has 0 spiro atoms. The minimum absolute atomic E-state index is 0.213. The number of carboxylic acid groups (broad SMARTS) is 1. The fourth-order valence-corrected chi connectivity index (χ4v) is 2.06. The zero-order chi connectivity index (χ0) is 14.4. The van der Waals surface area contributed by atoms with Crippen LogP contribution in [0.1, 0.15) is 34.1 Å². The molecule has 0 amide bonds. The van der Waals surface area contributed by atoms with E-state index in [4.69, 9.17) is 5.11 Å². The van der Waals surface area contributed by atoms with Gasteiger partial charge in [-0.05, 0) is 29.7 Å². The maximum Gasteiger partial charge on any atom is 0.337 e. The van der Waals surface area contributed by atoms with Crippen LogP contribution in [-0.2, 0) is 19.5 Å². The molecule has 0 aliphatic rings. The number of nitrogens with one attached hydrogen (secondary N) is 1. The molecule has 1 aromatic carbocycles. The molecule has 2 aromatic rings. The lowest BCUT2D eigenvalue weighted by Crippen LogP contribution is -2.15. The van der Waals surface area contributed by atoms with E-state index in [2.05, 4.69) is 35.4 Å². The van der Waals surface area contributed by atoms with Crippen molar-refractivity contribution in [3.05, 3.63) is 65.0 Å². The molecule has 0 saturated carbocycles. The Morgan fingerprint density at radius 2 is 1.90 bits per heavy atom. The third kappa shape index (κ3) is 3.65. The summed E-state index contributed by atoms with van der Waals surface area (Å²) in [6.45, 7) is 3.55. The molecule has 2 N–H and O–H groups in total. The summed E-state index contributed by atoms with van der Waals surface area (Å²) in [5.74, 6) is -0.950. The van der Waals surface area contributed by atoms with Crippen molar-refractivity contribution in [1.29, 1.82) is 0 Å². The van der Waals surface area contributed by atoms with E-state index in [1.165, 1.54) is 17.3 Å². The fourth-order valence-electron chi connectivity index (χ4n) is 2.06. The van der Waals surface area contributed by atoms with Crippen LogP contribution >= 0.6 is 0 Å². The molecule has 0 saturated heterocycles. The lowest BCUT2D eigenvalue weighted by atomic mass is 10.1. The lowest BCUT2D eigenvalue weighted by Gasteiger charge is -2.09. The predicted molar refractivity (Wildman–Crippen MR) is 77.6 cm³/mol. The Labute approximate surface area is 118 Å². The zero-order valence-electron chi connectivity index (χ0n) is 11.5. The molecule has 0 aliphatic heterocycles. The highest BCUT2D eigenvalue weighted by molar-refractivity contribution is 5.87. The van der Waals surface area contributed by atoms with Gasteiger partial charge in [0, 0.05) is 19.3 Å². The van der Waals surface area contributed by atoms with Gasteiger partial charge in [0.1, 0.15) is 0 Å². The number of aryl methyl sites for hydroxylation is 1. The van der Waals surface area contributed by atoms with Crippen molar-refractivity contribution >= 4 is 5.97 Å². The second-order valence-electron chi connectivity index (χ2n) is 4.57. The van der Waals surface area contributed by atoms with E-state index in [9.17, 15) is 4.79 Å². The molecule has 0 unspecified atom stereocenters. The molecule has 2 rings (SSSR count). The quantitative estimate of drug-likeness (QED) is 0.847. The van der Waals surface area contributed by atoms with Crippen LogP contribution in [0.25, 0.3) is 0 Å². The fraction of sp³-hybridized carbons (Fsp3) is 0.250. The van der Waals surface area contributed by atoms with Crippen LogP contribution in [0.15, 0.2) is 42.6 Å². The van der Waals surface area contributed by atoms with Crippen molar-refractivity contribution in [2.45, 2.75) is 26.4 Å². The van der Waals surface area contributed by atoms with Gasteiger partial charge in [-0.1, -0.05) is 31.2 Å². The number of aromatic carboxylic acids is 1. The summed E-state index contributed by atoms with van der Waals surface area (Å²) in [7, 11) is 0. The SMILES string of the molecule is CCc1ccccc1CNCc1ccc(C(=O)O)cn1. The van der Waals surface area contributed by atoms with Crippen LogP contribution < -0.4 is 5.32 Å². The maximum absolute atomic E-state index is 10.7. The molecule has 0 radical (unpaired) electrons. The second kappa shape index (κ2) is 6.82. The minimum atomic E-state index is -0.950. The van der Waals surface area contributed by atoms with Crippen LogP contribution in [0.5, 0.6) is 0 Å². The topological polar surface area (TPSA) is 62.2 Å². The molecule has 20 heavy (non-hydrogen) atoms. The van der Waals surface area contributed by atoms with Gasteiger partial charge in [0.2, 0.25) is 0 Å². The van der Waals surface area contributed by atoms with E-state index in [-0.39, 0.29) is 5.56 Å². The number of pyridine rings is 1. The number of nitrogens with zero attached hydrogens (tertiary/aromatic N) is 1. The number of benzene rings is 1. The van der Waals surface area contributed by atoms with Crippen LogP contribution in [0, 0.1) is 0 Å². The second-order valence-corrected chi connectivity index (χ2v) is 4.57. The summed E-state index contributed by atoms with van der Waals surface area (Å²) < 4.78 is 0. The Hall–Kier alpha value is -2.20. The molecule has 0 fully saturated rings. The molecular formula is C16H18N2O2. The standard InChI is InChI=1S/C16H18N2O2/c1-2-12-5-3-4-6-13(12)9-17-11-15-8-7-14(10-18-15)16(19)20/h3-8,10,17H,2,9,11H2,1H3,(H,19,20). The van der Waals surface area contributed by atoms with E-state index < -0.39 is 5.97 Å². The first-order valence-corrected chi connectivity index (χ1v) is 6.66. The minimum Gasteiger partial charge on any atom is -0.478 e. The highest BCUT2D eigenvalue weighted by Crippen LogP contribution is 2.09. The van der Waals surface area contributed by atoms with Gasteiger partial charge in [-0.25, -0.2) is 4.79 Å². The first-order chi connectivity index (χ1) is 9.70. The van der Waals surface area contributed by atoms with E-state index >= 15 is 0 Å². The first-order valence-electron chi connectivity index (χ1n) is 6.66. The van der Waals surface area contributed by atoms with Gasteiger partial charge in [-0.2, -0.15) is 0 Å². The van der Waals surface area contributed by atoms with Gasteiger partial charge in [0.15, 0.2) is 0 Å². The Morgan fingerprint density at radius 1 is 1.15 bits per heavy atom. The van der Waals surface area contributed by atoms with Crippen molar-refractivity contribution in [3.63, 3.8) is 0 Å². The molecule has 4 heteroatoms. The van der Waals surface area contributed by atoms with E-state index in [0.29, 0.717) is 6.54 Å². The monoisotopic (exact) mass is 270 g/mol. The van der Waals surface area contributed by atoms with Crippen molar-refractivity contribution < 1.29 is 9.90 Å². The molecule has 0 bridgehead atoms. The van der Waals surface area contributed by atoms with Crippen molar-refractivity contribution in [2.24, 2.45) is 0 Å². The Balaban J connectivity index is 1.91. The molecular weight excluding hydrogens is 252 g/mol. The summed E-state index contributed by atoms with van der Waals surface area (Å²) in [4.78, 5) is 14.9. The zero-order valence-corrected chi connectivity index (χ0v) is 11.5. The van der Waals surface area contributed by atoms with E-state index in [1.54, 1.807) is 12.1 Å². The number of hydrogen-bond donors (Lipinski definition) is 2. The molecule has 1 aromatic heterocycles. The van der Waals surface area contributed by atoms with Crippen LogP contribution in [0.3, 0.4) is 0 Å². The molecule has 0 atom stereocenters. The average Bonchev–Trinajstić information content (AvgIpc) is 2.48. The van der Waals surface area contributed by atoms with Gasteiger partial charge < -0.3 is 10.4 Å². The predicted octanol–water partition coefficient (Wildman–Crippen LogP) is 2.63. The Morgan fingerprint density at radius 3 is 2.50 bits per heavy atom. The van der Waals surface area contributed by atoms with Crippen LogP contribution in [0.2, 0.25) is 0 Å². The Bertz CT molecular complexity index is 579. The number of carboxylic acids is 1. The summed E-state index contributed by atoms with van der Waals surface area (Å²) in [6.07, 6.45) is 2.41. The molecule has 0 aliphatic carbocycles. The number of carbonyl (C=O) groups is 1. The largest absolute Gasteiger partial charge is 0.478 e. The van der Waals surface area contributed by atoms with Gasteiger partial charge in [-0.3, -0.25) is 4.98 Å². The maximum atomic E-state index is 10.7. The number of aromatic nitrogens is 1. The highest BCUT2D eigenvalue weighted by Gasteiger charge is 2.03. The summed E-state index contributed by atoms with van der Waals surface area (Å²) in [5.41, 5.74) is 3.68. The smallest absolute Gasteiger partial charge is 0.337 e. The third-order valence-corrected chi connectivity index (χ3v) is 3.19. The first kappa shape index (κ1) is 14.2. The third-order valence-electron chi connectivity index (χ3n) is 3.19. The summed E-state index contributed by atoms with van der Waals surface area (Å²) in [5, 5.41) is 12.1. The summed E-state index contributed by atoms with van der Waals surface area (Å²) in [6, 6.07) is 11.7.